The molecule has 0 saturated heterocycles. The van der Waals surface area contributed by atoms with Crippen molar-refractivity contribution in [1.82, 2.24) is 0 Å². The number of anilines is 4. The first kappa shape index (κ1) is 30.6. The number of hydrogen-bond acceptors (Lipinski definition) is 6. The predicted molar refractivity (Wildman–Crippen MR) is 185 cm³/mol. The van der Waals surface area contributed by atoms with Gasteiger partial charge in [0.1, 0.15) is 23.1 Å². The summed E-state index contributed by atoms with van der Waals surface area (Å²) < 4.78 is 45.0. The summed E-state index contributed by atoms with van der Waals surface area (Å²) in [5, 5.41) is 0.0173. The van der Waals surface area contributed by atoms with Crippen molar-refractivity contribution < 1.29 is 18.6 Å². The highest BCUT2D eigenvalue weighted by Gasteiger charge is 2.68. The second-order valence-corrected chi connectivity index (χ2v) is 20.8. The first-order valence-electron chi connectivity index (χ1n) is 15.1. The summed E-state index contributed by atoms with van der Waals surface area (Å²) in [6, 6.07) is 31.9. The molecule has 4 atom stereocenters. The van der Waals surface area contributed by atoms with E-state index in [1.165, 1.54) is 0 Å². The smallest absolute Gasteiger partial charge is 0.150 e. The van der Waals surface area contributed by atoms with Crippen LogP contribution in [-0.2, 0) is 9.13 Å². The van der Waals surface area contributed by atoms with E-state index in [2.05, 4.69) is 9.80 Å². The lowest BCUT2D eigenvalue weighted by atomic mass is 10.2. The van der Waals surface area contributed by atoms with Crippen LogP contribution < -0.4 is 29.9 Å². The molecule has 2 heterocycles. The zero-order valence-corrected chi connectivity index (χ0v) is 28.6. The number of rotatable bonds is 5. The van der Waals surface area contributed by atoms with Crippen LogP contribution in [0.15, 0.2) is 97.1 Å². The molecule has 0 spiro atoms. The second kappa shape index (κ2) is 10.6. The normalized spacial score (nSPS) is 24.6. The Hall–Kier alpha value is -3.46. The van der Waals surface area contributed by atoms with Crippen LogP contribution in [0.3, 0.4) is 0 Å². The highest BCUT2D eigenvalue weighted by molar-refractivity contribution is 7.79. The summed E-state index contributed by atoms with van der Waals surface area (Å²) >= 11 is 0. The highest BCUT2D eigenvalue weighted by Crippen LogP contribution is 2.79. The summed E-state index contributed by atoms with van der Waals surface area (Å²) in [5.41, 5.74) is 3.45. The largest absolute Gasteiger partial charge is 0.496 e. The molecule has 0 bridgehead atoms. The minimum atomic E-state index is -3.49. The van der Waals surface area contributed by atoms with E-state index in [4.69, 9.17) is 9.47 Å². The average molecular weight is 629 g/mol. The van der Waals surface area contributed by atoms with E-state index in [9.17, 15) is 0 Å². The molecule has 0 N–H and O–H groups in total. The van der Waals surface area contributed by atoms with E-state index in [0.29, 0.717) is 22.1 Å². The third-order valence-electron chi connectivity index (χ3n) is 9.18. The fraction of sp³-hybridized carbons (Fsp3) is 0.333. The quantitative estimate of drug-likeness (QED) is 0.206. The Morgan fingerprint density at radius 3 is 1.16 bits per heavy atom. The van der Waals surface area contributed by atoms with Gasteiger partial charge in [-0.3, -0.25) is 0 Å². The fourth-order valence-electron chi connectivity index (χ4n) is 7.15. The molecule has 8 heteroatoms. The Labute approximate surface area is 261 Å². The van der Waals surface area contributed by atoms with Gasteiger partial charge in [-0.15, -0.1) is 0 Å². The van der Waals surface area contributed by atoms with Crippen molar-refractivity contribution in [2.45, 2.75) is 63.4 Å². The molecule has 2 aliphatic rings. The van der Waals surface area contributed by atoms with E-state index in [1.54, 1.807) is 14.2 Å². The molecule has 0 aromatic heterocycles. The number of ether oxygens (including phenoxy) is 2. The Balaban J connectivity index is 1.80. The molecule has 0 aliphatic carbocycles. The van der Waals surface area contributed by atoms with Gasteiger partial charge in [-0.1, -0.05) is 90.1 Å². The SMILES string of the molecule is COc1cccc2c1P(=O)(C(C)(C)C)C(C1N(c3ccccc3)c3cccc(OC)c3P1(=O)C(C)(C)C)N2c1ccccc1. The van der Waals surface area contributed by atoms with Gasteiger partial charge in [-0.2, -0.15) is 0 Å². The van der Waals surface area contributed by atoms with Gasteiger partial charge >= 0.3 is 0 Å². The van der Waals surface area contributed by atoms with Crippen LogP contribution in [0.5, 0.6) is 11.5 Å². The van der Waals surface area contributed by atoms with Crippen LogP contribution in [-0.4, -0.2) is 36.1 Å². The molecule has 4 unspecified atom stereocenters. The van der Waals surface area contributed by atoms with E-state index in [-0.39, 0.29) is 0 Å². The molecular weight excluding hydrogens is 586 g/mol. The molecule has 6 nitrogen and oxygen atoms in total. The minimum absolute atomic E-state index is 0.592. The molecule has 230 valence electrons. The lowest BCUT2D eigenvalue weighted by Gasteiger charge is -2.47. The van der Waals surface area contributed by atoms with Crippen LogP contribution in [0, 0.1) is 0 Å². The maximum absolute atomic E-state index is 16.5. The zero-order chi connectivity index (χ0) is 31.7. The Morgan fingerprint density at radius 1 is 0.523 bits per heavy atom. The van der Waals surface area contributed by atoms with Crippen molar-refractivity contribution in [1.29, 1.82) is 0 Å². The van der Waals surface area contributed by atoms with Crippen molar-refractivity contribution in [3.05, 3.63) is 97.1 Å². The number of para-hydroxylation sites is 2. The lowest BCUT2D eigenvalue weighted by Crippen LogP contribution is -2.49. The van der Waals surface area contributed by atoms with Crippen molar-refractivity contribution >= 4 is 47.6 Å². The van der Waals surface area contributed by atoms with Crippen molar-refractivity contribution in [2.24, 2.45) is 0 Å². The van der Waals surface area contributed by atoms with Gasteiger partial charge in [0, 0.05) is 21.7 Å². The third kappa shape index (κ3) is 4.14. The summed E-state index contributed by atoms with van der Waals surface area (Å²) in [5.74, 6) is -0.208. The number of methoxy groups -OCH3 is 2. The van der Waals surface area contributed by atoms with Crippen LogP contribution >= 0.6 is 14.3 Å². The van der Waals surface area contributed by atoms with Crippen molar-refractivity contribution in [3.8, 4) is 11.5 Å². The van der Waals surface area contributed by atoms with Crippen LogP contribution in [0.25, 0.3) is 0 Å². The zero-order valence-electron chi connectivity index (χ0n) is 26.8. The van der Waals surface area contributed by atoms with Gasteiger partial charge in [0.15, 0.2) is 14.3 Å². The number of benzene rings is 4. The van der Waals surface area contributed by atoms with Gasteiger partial charge in [-0.05, 0) is 48.5 Å². The number of fused-ring (bicyclic) bond motifs is 2. The van der Waals surface area contributed by atoms with Crippen molar-refractivity contribution in [2.75, 3.05) is 24.0 Å². The average Bonchev–Trinajstić information content (AvgIpc) is 3.44. The fourth-order valence-corrected chi connectivity index (χ4v) is 15.9. The monoisotopic (exact) mass is 628 g/mol. The third-order valence-corrected chi connectivity index (χ3v) is 18.1. The summed E-state index contributed by atoms with van der Waals surface area (Å²) in [4.78, 5) is 4.39. The molecule has 6 rings (SSSR count). The molecular formula is C36H42N2O4P2. The maximum Gasteiger partial charge on any atom is 0.150 e. The highest BCUT2D eigenvalue weighted by atomic mass is 31.2. The molecule has 0 radical (unpaired) electrons. The summed E-state index contributed by atoms with van der Waals surface area (Å²) in [6.45, 7) is 12.3. The number of nitrogens with zero attached hydrogens (tertiary/aromatic N) is 2. The minimum Gasteiger partial charge on any atom is -0.496 e. The Bertz CT molecular complexity index is 1660. The maximum atomic E-state index is 16.5. The van der Waals surface area contributed by atoms with Gasteiger partial charge in [-0.25, -0.2) is 0 Å². The molecule has 4 aromatic carbocycles. The number of hydrogen-bond donors (Lipinski definition) is 0. The van der Waals surface area contributed by atoms with Crippen molar-refractivity contribution in [3.63, 3.8) is 0 Å². The summed E-state index contributed by atoms with van der Waals surface area (Å²) in [7, 11) is -3.72. The predicted octanol–water partition coefficient (Wildman–Crippen LogP) is 8.93. The standard InChI is InChI=1S/C36H42N2O4P2/c1-35(2,3)43(39)31-27(21-15-23-29(31)41-7)37(25-17-11-9-12-18-25)33(43)34-38(26-19-13-10-14-20-26)28-22-16-24-30(42-8)32(28)44(34,40)36(4,5)6/h9-24,33-34H,1-8H3. The van der Waals surface area contributed by atoms with Gasteiger partial charge < -0.3 is 28.4 Å². The van der Waals surface area contributed by atoms with Crippen LogP contribution in [0.2, 0.25) is 0 Å². The van der Waals surface area contributed by atoms with Crippen LogP contribution in [0.4, 0.5) is 22.7 Å². The van der Waals surface area contributed by atoms with Crippen LogP contribution in [0.1, 0.15) is 41.5 Å². The molecule has 44 heavy (non-hydrogen) atoms. The molecule has 2 aliphatic heterocycles. The Kier molecular flexibility index (Phi) is 7.34. The van der Waals surface area contributed by atoms with E-state index < -0.39 is 36.2 Å². The molecule has 4 aromatic rings. The first-order chi connectivity index (χ1) is 20.8. The van der Waals surface area contributed by atoms with Gasteiger partial charge in [0.05, 0.1) is 36.2 Å². The molecule has 0 amide bonds. The topological polar surface area (TPSA) is 59.1 Å². The molecule has 0 saturated carbocycles. The van der Waals surface area contributed by atoms with E-state index in [1.807, 2.05) is 139 Å². The van der Waals surface area contributed by atoms with Gasteiger partial charge in [0.2, 0.25) is 0 Å². The van der Waals surface area contributed by atoms with Gasteiger partial charge in [0.25, 0.3) is 0 Å². The Morgan fingerprint density at radius 2 is 0.864 bits per heavy atom. The van der Waals surface area contributed by atoms with E-state index in [0.717, 1.165) is 22.7 Å². The molecule has 0 fully saturated rings. The summed E-state index contributed by atoms with van der Waals surface area (Å²) in [6.07, 6.45) is 0. The second-order valence-electron chi connectivity index (χ2n) is 13.6. The van der Waals surface area contributed by atoms with E-state index >= 15 is 9.13 Å². The lowest BCUT2D eigenvalue weighted by molar-refractivity contribution is 0.417. The first-order valence-corrected chi connectivity index (χ1v) is 18.6.